The molecule has 4 rings (SSSR count). The largest absolute Gasteiger partial charge is 0.493 e. The fourth-order valence-corrected chi connectivity index (χ4v) is 6.55. The van der Waals surface area contributed by atoms with Crippen molar-refractivity contribution < 1.29 is 18.9 Å². The fourth-order valence-electron chi connectivity index (χ4n) is 6.55. The summed E-state index contributed by atoms with van der Waals surface area (Å²) in [6.07, 6.45) is 16.8. The van der Waals surface area contributed by atoms with Crippen molar-refractivity contribution in [3.8, 4) is 23.0 Å². The molecule has 2 aromatic rings. The van der Waals surface area contributed by atoms with Gasteiger partial charge in [0.05, 0.1) is 14.2 Å². The Morgan fingerprint density at radius 3 is 2.22 bits per heavy atom. The van der Waals surface area contributed by atoms with Gasteiger partial charge in [0.25, 0.3) is 0 Å². The maximum absolute atomic E-state index is 6.91. The Morgan fingerprint density at radius 1 is 0.867 bits per heavy atom. The Kier molecular flexibility index (Phi) is 12.2. The molecule has 5 nitrogen and oxygen atoms in total. The number of hydrogen-bond donors (Lipinski definition) is 0. The zero-order valence-corrected chi connectivity index (χ0v) is 29.5. The Bertz CT molecular complexity index is 1410. The molecular formula is C40H57NO4. The van der Waals surface area contributed by atoms with E-state index in [2.05, 4.69) is 83.7 Å². The van der Waals surface area contributed by atoms with E-state index in [0.717, 1.165) is 93.9 Å². The standard InChI is InChI=1S/C40H57NO4/c1-28(2)13-10-14-29(3)15-11-16-30(4)17-12-22-40(7)23-20-34-35-26-41(27-44-38(35)31(5)32(6)39(34)45-40)24-21-33-18-19-36(42-8)37(25-33)43-9/h13,15,17-19,25H,10-12,14,16,20-24,26-27H2,1-9H3/t40-/m1/s1. The first-order valence-corrected chi connectivity index (χ1v) is 16.9. The van der Waals surface area contributed by atoms with Gasteiger partial charge in [0.15, 0.2) is 11.5 Å². The zero-order chi connectivity index (χ0) is 32.6. The van der Waals surface area contributed by atoms with Crippen LogP contribution in [-0.4, -0.2) is 38.0 Å². The van der Waals surface area contributed by atoms with Gasteiger partial charge in [0.2, 0.25) is 0 Å². The van der Waals surface area contributed by atoms with Crippen molar-refractivity contribution in [2.45, 2.75) is 118 Å². The Morgan fingerprint density at radius 2 is 1.53 bits per heavy atom. The van der Waals surface area contributed by atoms with E-state index in [4.69, 9.17) is 18.9 Å². The van der Waals surface area contributed by atoms with Crippen molar-refractivity contribution in [1.29, 1.82) is 0 Å². The summed E-state index contributed by atoms with van der Waals surface area (Å²) in [4.78, 5) is 2.40. The average molecular weight is 616 g/mol. The summed E-state index contributed by atoms with van der Waals surface area (Å²) in [5.41, 5.74) is 10.6. The Balaban J connectivity index is 1.35. The van der Waals surface area contributed by atoms with Gasteiger partial charge in [-0.1, -0.05) is 41.0 Å². The summed E-state index contributed by atoms with van der Waals surface area (Å²) in [6.45, 7) is 18.0. The van der Waals surface area contributed by atoms with Crippen molar-refractivity contribution in [1.82, 2.24) is 4.90 Å². The van der Waals surface area contributed by atoms with E-state index in [1.807, 2.05) is 6.07 Å². The number of benzene rings is 2. The molecule has 1 atom stereocenters. The maximum atomic E-state index is 6.91. The molecule has 0 radical (unpaired) electrons. The molecule has 0 unspecified atom stereocenters. The van der Waals surface area contributed by atoms with Crippen molar-refractivity contribution in [3.63, 3.8) is 0 Å². The summed E-state index contributed by atoms with van der Waals surface area (Å²) in [7, 11) is 3.36. The summed E-state index contributed by atoms with van der Waals surface area (Å²) in [6, 6.07) is 6.18. The van der Waals surface area contributed by atoms with Gasteiger partial charge in [0.1, 0.15) is 23.8 Å². The topological polar surface area (TPSA) is 40.2 Å². The molecule has 0 aliphatic carbocycles. The summed E-state index contributed by atoms with van der Waals surface area (Å²) < 4.78 is 24.2. The van der Waals surface area contributed by atoms with E-state index in [-0.39, 0.29) is 5.60 Å². The monoisotopic (exact) mass is 615 g/mol. The molecule has 0 saturated heterocycles. The highest BCUT2D eigenvalue weighted by atomic mass is 16.5. The van der Waals surface area contributed by atoms with Crippen LogP contribution in [-0.2, 0) is 19.4 Å². The van der Waals surface area contributed by atoms with Crippen LogP contribution >= 0.6 is 0 Å². The van der Waals surface area contributed by atoms with Gasteiger partial charge in [-0.2, -0.15) is 0 Å². The van der Waals surface area contributed by atoms with E-state index in [1.165, 1.54) is 44.5 Å². The molecular weight excluding hydrogens is 558 g/mol. The maximum Gasteiger partial charge on any atom is 0.160 e. The molecule has 2 aromatic carbocycles. The minimum atomic E-state index is -0.154. The molecule has 0 saturated carbocycles. The predicted octanol–water partition coefficient (Wildman–Crippen LogP) is 10.00. The molecule has 5 heteroatoms. The van der Waals surface area contributed by atoms with E-state index in [0.29, 0.717) is 6.73 Å². The SMILES string of the molecule is COc1ccc(CCN2COc3c(C)c(C)c4c(c3C2)CC[C@@](C)(CCC=C(C)CCC=C(C)CCC=C(C)C)O4)cc1OC. The molecule has 45 heavy (non-hydrogen) atoms. The highest BCUT2D eigenvalue weighted by molar-refractivity contribution is 5.60. The van der Waals surface area contributed by atoms with Crippen LogP contribution in [0.25, 0.3) is 0 Å². The van der Waals surface area contributed by atoms with Crippen LogP contribution < -0.4 is 18.9 Å². The molecule has 0 N–H and O–H groups in total. The Labute approximate surface area is 273 Å². The number of rotatable bonds is 14. The van der Waals surface area contributed by atoms with Crippen molar-refractivity contribution in [3.05, 3.63) is 81.0 Å². The van der Waals surface area contributed by atoms with Crippen molar-refractivity contribution in [2.75, 3.05) is 27.5 Å². The summed E-state index contributed by atoms with van der Waals surface area (Å²) in [5, 5.41) is 0. The van der Waals surface area contributed by atoms with Gasteiger partial charge < -0.3 is 18.9 Å². The summed E-state index contributed by atoms with van der Waals surface area (Å²) >= 11 is 0. The molecule has 0 amide bonds. The van der Waals surface area contributed by atoms with Gasteiger partial charge in [-0.25, -0.2) is 0 Å². The van der Waals surface area contributed by atoms with E-state index >= 15 is 0 Å². The lowest BCUT2D eigenvalue weighted by atomic mass is 9.84. The van der Waals surface area contributed by atoms with Gasteiger partial charge in [0, 0.05) is 24.2 Å². The molecule has 2 aliphatic heterocycles. The lowest BCUT2D eigenvalue weighted by Crippen LogP contribution is -2.39. The van der Waals surface area contributed by atoms with Gasteiger partial charge in [-0.15, -0.1) is 0 Å². The molecule has 2 aliphatic rings. The first-order valence-electron chi connectivity index (χ1n) is 16.9. The van der Waals surface area contributed by atoms with Crippen molar-refractivity contribution >= 4 is 0 Å². The fraction of sp³-hybridized carbons (Fsp3) is 0.550. The third-order valence-corrected chi connectivity index (χ3v) is 9.63. The number of methoxy groups -OCH3 is 2. The first kappa shape index (κ1) is 34.7. The number of fused-ring (bicyclic) bond motifs is 3. The predicted molar refractivity (Wildman–Crippen MR) is 187 cm³/mol. The van der Waals surface area contributed by atoms with Crippen LogP contribution in [0.3, 0.4) is 0 Å². The number of allylic oxidation sites excluding steroid dienone is 6. The first-order chi connectivity index (χ1) is 21.5. The van der Waals surface area contributed by atoms with Crippen LogP contribution in [0.5, 0.6) is 23.0 Å². The summed E-state index contributed by atoms with van der Waals surface area (Å²) in [5.74, 6) is 3.70. The smallest absolute Gasteiger partial charge is 0.160 e. The second kappa shape index (κ2) is 15.9. The van der Waals surface area contributed by atoms with Crippen LogP contribution in [0.15, 0.2) is 53.1 Å². The van der Waals surface area contributed by atoms with E-state index in [1.54, 1.807) is 14.2 Å². The highest BCUT2D eigenvalue weighted by Gasteiger charge is 2.36. The van der Waals surface area contributed by atoms with Gasteiger partial charge in [-0.3, -0.25) is 4.90 Å². The number of nitrogens with zero attached hydrogens (tertiary/aromatic N) is 1. The molecule has 0 spiro atoms. The van der Waals surface area contributed by atoms with Crippen LogP contribution in [0, 0.1) is 13.8 Å². The third kappa shape index (κ3) is 9.19. The van der Waals surface area contributed by atoms with E-state index in [9.17, 15) is 0 Å². The molecule has 246 valence electrons. The van der Waals surface area contributed by atoms with Gasteiger partial charge in [-0.05, 0) is 135 Å². The minimum absolute atomic E-state index is 0.154. The number of hydrogen-bond acceptors (Lipinski definition) is 5. The lowest BCUT2D eigenvalue weighted by molar-refractivity contribution is 0.0524. The zero-order valence-electron chi connectivity index (χ0n) is 29.5. The molecule has 2 heterocycles. The van der Waals surface area contributed by atoms with E-state index < -0.39 is 0 Å². The molecule has 0 fully saturated rings. The second-order valence-corrected chi connectivity index (χ2v) is 13.7. The normalized spacial score (nSPS) is 18.4. The van der Waals surface area contributed by atoms with Crippen LogP contribution in [0.2, 0.25) is 0 Å². The minimum Gasteiger partial charge on any atom is -0.493 e. The quantitative estimate of drug-likeness (QED) is 0.198. The van der Waals surface area contributed by atoms with Crippen LogP contribution in [0.1, 0.15) is 107 Å². The average Bonchev–Trinajstić information content (AvgIpc) is 3.02. The highest BCUT2D eigenvalue weighted by Crippen LogP contribution is 2.46. The van der Waals surface area contributed by atoms with Crippen LogP contribution in [0.4, 0.5) is 0 Å². The van der Waals surface area contributed by atoms with Gasteiger partial charge >= 0.3 is 0 Å². The Hall–Kier alpha value is -3.18. The third-order valence-electron chi connectivity index (χ3n) is 9.63. The molecule has 0 aromatic heterocycles. The second-order valence-electron chi connectivity index (χ2n) is 13.7. The number of ether oxygens (including phenoxy) is 4. The lowest BCUT2D eigenvalue weighted by Gasteiger charge is -2.40. The molecule has 0 bridgehead atoms. The van der Waals surface area contributed by atoms with Crippen molar-refractivity contribution in [2.24, 2.45) is 0 Å².